The highest BCUT2D eigenvalue weighted by atomic mass is 16.4. The third-order valence-corrected chi connectivity index (χ3v) is 4.22. The second-order valence-electron chi connectivity index (χ2n) is 6.28. The first-order valence-corrected chi connectivity index (χ1v) is 8.40. The fourth-order valence-electron chi connectivity index (χ4n) is 1.97. The van der Waals surface area contributed by atoms with Crippen molar-refractivity contribution in [1.29, 1.82) is 0 Å². The molecule has 0 aromatic rings. The molecule has 0 radical (unpaired) electrons. The van der Waals surface area contributed by atoms with Gasteiger partial charge in [0.05, 0.1) is 11.2 Å². The maximum Gasteiger partial charge on any atom is 0.303 e. The van der Waals surface area contributed by atoms with Crippen molar-refractivity contribution in [2.45, 2.75) is 96.7 Å². The molecule has 0 bridgehead atoms. The summed E-state index contributed by atoms with van der Waals surface area (Å²) in [7, 11) is 0. The van der Waals surface area contributed by atoms with Crippen LogP contribution >= 0.6 is 0 Å². The van der Waals surface area contributed by atoms with Crippen LogP contribution in [0, 0.1) is 0 Å². The Balaban J connectivity index is 0. The van der Waals surface area contributed by atoms with E-state index < -0.39 is 23.1 Å². The predicted molar refractivity (Wildman–Crippen MR) is 89.4 cm³/mol. The molecule has 0 fully saturated rings. The van der Waals surface area contributed by atoms with Crippen LogP contribution in [0.3, 0.4) is 0 Å². The molecule has 1 unspecified atom stereocenters. The standard InChI is InChI=1S/C9H18O3.C8H16O3/c1-3-9(12,4-2)7-5-6-8(10)11;1-3-8(2,11)6-4-5-7(9)10/h12H,3-7H2,1-2H3,(H,10,11);11H,3-6H2,1-2H3,(H,9,10). The fraction of sp³-hybridized carbons (Fsp3) is 0.882. The Labute approximate surface area is 139 Å². The van der Waals surface area contributed by atoms with E-state index in [1.165, 1.54) is 0 Å². The minimum absolute atomic E-state index is 0.149. The summed E-state index contributed by atoms with van der Waals surface area (Å²) in [6.07, 6.45) is 4.64. The second-order valence-corrected chi connectivity index (χ2v) is 6.28. The molecule has 0 aliphatic carbocycles. The van der Waals surface area contributed by atoms with Crippen LogP contribution in [0.1, 0.15) is 85.5 Å². The Bertz CT molecular complexity index is 334. The molecule has 0 rings (SSSR count). The molecule has 6 heteroatoms. The van der Waals surface area contributed by atoms with Crippen molar-refractivity contribution in [1.82, 2.24) is 0 Å². The van der Waals surface area contributed by atoms with Crippen LogP contribution in [-0.2, 0) is 9.59 Å². The topological polar surface area (TPSA) is 115 Å². The number of hydrogen-bond acceptors (Lipinski definition) is 4. The molecule has 0 aliphatic rings. The van der Waals surface area contributed by atoms with Gasteiger partial charge in [0.2, 0.25) is 0 Å². The maximum atomic E-state index is 10.2. The van der Waals surface area contributed by atoms with Gasteiger partial charge < -0.3 is 20.4 Å². The van der Waals surface area contributed by atoms with Crippen LogP contribution in [0.15, 0.2) is 0 Å². The van der Waals surface area contributed by atoms with Crippen molar-refractivity contribution in [3.05, 3.63) is 0 Å². The van der Waals surface area contributed by atoms with Gasteiger partial charge in [0, 0.05) is 12.8 Å². The van der Waals surface area contributed by atoms with Gasteiger partial charge in [-0.05, 0) is 51.9 Å². The zero-order valence-corrected chi connectivity index (χ0v) is 15.0. The number of aliphatic carboxylic acids is 2. The summed E-state index contributed by atoms with van der Waals surface area (Å²) < 4.78 is 0. The zero-order valence-electron chi connectivity index (χ0n) is 15.0. The minimum atomic E-state index is -0.795. The van der Waals surface area contributed by atoms with Gasteiger partial charge in [0.25, 0.3) is 0 Å². The Morgan fingerprint density at radius 3 is 1.48 bits per heavy atom. The van der Waals surface area contributed by atoms with Gasteiger partial charge in [-0.15, -0.1) is 0 Å². The summed E-state index contributed by atoms with van der Waals surface area (Å²) in [4.78, 5) is 20.3. The molecule has 0 saturated carbocycles. The van der Waals surface area contributed by atoms with Crippen molar-refractivity contribution in [3.63, 3.8) is 0 Å². The molecular weight excluding hydrogens is 300 g/mol. The molecule has 23 heavy (non-hydrogen) atoms. The molecule has 0 amide bonds. The lowest BCUT2D eigenvalue weighted by Gasteiger charge is -2.24. The quantitative estimate of drug-likeness (QED) is 0.461. The van der Waals surface area contributed by atoms with Gasteiger partial charge in [-0.3, -0.25) is 9.59 Å². The largest absolute Gasteiger partial charge is 0.481 e. The average molecular weight is 334 g/mol. The zero-order chi connectivity index (χ0) is 18.5. The maximum absolute atomic E-state index is 10.2. The number of carboxylic acids is 2. The van der Waals surface area contributed by atoms with Gasteiger partial charge in [0.15, 0.2) is 0 Å². The first kappa shape index (κ1) is 24.1. The summed E-state index contributed by atoms with van der Waals surface area (Å²) in [6, 6.07) is 0. The number of aliphatic hydroxyl groups is 2. The van der Waals surface area contributed by atoms with E-state index >= 15 is 0 Å². The van der Waals surface area contributed by atoms with Gasteiger partial charge in [-0.1, -0.05) is 20.8 Å². The molecule has 0 aromatic heterocycles. The normalized spacial score (nSPS) is 13.7. The van der Waals surface area contributed by atoms with Crippen molar-refractivity contribution in [3.8, 4) is 0 Å². The highest BCUT2D eigenvalue weighted by molar-refractivity contribution is 5.66. The molecule has 0 aliphatic heterocycles. The van der Waals surface area contributed by atoms with Gasteiger partial charge >= 0.3 is 11.9 Å². The molecule has 1 atom stereocenters. The first-order chi connectivity index (χ1) is 10.5. The Hall–Kier alpha value is -1.14. The van der Waals surface area contributed by atoms with E-state index in [9.17, 15) is 19.8 Å². The van der Waals surface area contributed by atoms with Crippen LogP contribution in [0.25, 0.3) is 0 Å². The molecule has 138 valence electrons. The fourth-order valence-corrected chi connectivity index (χ4v) is 1.97. The molecule has 0 aromatic carbocycles. The summed E-state index contributed by atoms with van der Waals surface area (Å²) in [5.74, 6) is -1.58. The molecule has 0 heterocycles. The summed E-state index contributed by atoms with van der Waals surface area (Å²) >= 11 is 0. The van der Waals surface area contributed by atoms with Crippen molar-refractivity contribution in [2.75, 3.05) is 0 Å². The summed E-state index contributed by atoms with van der Waals surface area (Å²) in [5, 5.41) is 35.9. The van der Waals surface area contributed by atoms with Crippen molar-refractivity contribution in [2.24, 2.45) is 0 Å². The van der Waals surface area contributed by atoms with E-state index in [0.29, 0.717) is 44.9 Å². The highest BCUT2D eigenvalue weighted by Gasteiger charge is 2.21. The number of hydrogen-bond donors (Lipinski definition) is 4. The third kappa shape index (κ3) is 15.5. The van der Waals surface area contributed by atoms with Crippen LogP contribution in [-0.4, -0.2) is 43.6 Å². The van der Waals surface area contributed by atoms with Crippen molar-refractivity contribution < 1.29 is 30.0 Å². The van der Waals surface area contributed by atoms with E-state index in [0.717, 1.165) is 0 Å². The van der Waals surface area contributed by atoms with Crippen LogP contribution in [0.4, 0.5) is 0 Å². The lowest BCUT2D eigenvalue weighted by atomic mass is 9.91. The predicted octanol–water partition coefficient (Wildman–Crippen LogP) is 3.19. The van der Waals surface area contributed by atoms with E-state index in [1.54, 1.807) is 6.92 Å². The number of carbonyl (C=O) groups is 2. The molecule has 0 spiro atoms. The van der Waals surface area contributed by atoms with Gasteiger partial charge in [0.1, 0.15) is 0 Å². The molecule has 0 saturated heterocycles. The van der Waals surface area contributed by atoms with E-state index in [4.69, 9.17) is 10.2 Å². The number of carboxylic acid groups (broad SMARTS) is 2. The monoisotopic (exact) mass is 334 g/mol. The summed E-state index contributed by atoms with van der Waals surface area (Å²) in [6.45, 7) is 7.46. The molecule has 6 nitrogen and oxygen atoms in total. The summed E-state index contributed by atoms with van der Waals surface area (Å²) in [5.41, 5.74) is -1.33. The van der Waals surface area contributed by atoms with E-state index in [2.05, 4.69) is 0 Å². The van der Waals surface area contributed by atoms with Gasteiger partial charge in [-0.2, -0.15) is 0 Å². The lowest BCUT2D eigenvalue weighted by molar-refractivity contribution is -0.138. The third-order valence-electron chi connectivity index (χ3n) is 4.22. The second kappa shape index (κ2) is 12.3. The average Bonchev–Trinajstić information content (AvgIpc) is 2.46. The molecule has 4 N–H and O–H groups in total. The SMILES string of the molecule is CCC(C)(O)CCCC(=O)O.CCC(O)(CC)CCCC(=O)O. The number of rotatable bonds is 11. The lowest BCUT2D eigenvalue weighted by Crippen LogP contribution is -2.26. The Kier molecular flexibility index (Phi) is 12.9. The van der Waals surface area contributed by atoms with E-state index in [1.807, 2.05) is 20.8 Å². The van der Waals surface area contributed by atoms with Gasteiger partial charge in [-0.25, -0.2) is 0 Å². The highest BCUT2D eigenvalue weighted by Crippen LogP contribution is 2.21. The van der Waals surface area contributed by atoms with E-state index in [-0.39, 0.29) is 12.8 Å². The van der Waals surface area contributed by atoms with Crippen LogP contribution in [0.5, 0.6) is 0 Å². The Morgan fingerprint density at radius 1 is 0.783 bits per heavy atom. The Morgan fingerprint density at radius 2 is 1.17 bits per heavy atom. The van der Waals surface area contributed by atoms with Crippen LogP contribution < -0.4 is 0 Å². The van der Waals surface area contributed by atoms with Crippen molar-refractivity contribution >= 4 is 11.9 Å². The smallest absolute Gasteiger partial charge is 0.303 e. The minimum Gasteiger partial charge on any atom is -0.481 e. The first-order valence-electron chi connectivity index (χ1n) is 8.40. The van der Waals surface area contributed by atoms with Crippen LogP contribution in [0.2, 0.25) is 0 Å². The molecular formula is C17H34O6.